The molecule has 1 aliphatic heterocycles. The van der Waals surface area contributed by atoms with Crippen molar-refractivity contribution in [3.63, 3.8) is 0 Å². The van der Waals surface area contributed by atoms with Gasteiger partial charge in [0.05, 0.1) is 10.4 Å². The first kappa shape index (κ1) is 12.3. The molecule has 0 saturated carbocycles. The van der Waals surface area contributed by atoms with Crippen LogP contribution >= 0.6 is 11.6 Å². The van der Waals surface area contributed by atoms with Crippen molar-refractivity contribution in [2.75, 3.05) is 18.4 Å². The second kappa shape index (κ2) is 4.63. The first-order valence-corrected chi connectivity index (χ1v) is 5.86. The Morgan fingerprint density at radius 3 is 2.94 bits per heavy atom. The zero-order chi connectivity index (χ0) is 12.5. The molecule has 1 fully saturated rings. The van der Waals surface area contributed by atoms with Gasteiger partial charge in [-0.15, -0.1) is 0 Å². The van der Waals surface area contributed by atoms with Crippen LogP contribution in [0.5, 0.6) is 0 Å². The molecule has 0 spiro atoms. The van der Waals surface area contributed by atoms with Crippen LogP contribution in [0.15, 0.2) is 18.2 Å². The highest BCUT2D eigenvalue weighted by Crippen LogP contribution is 2.27. The minimum Gasteiger partial charge on any atom is -0.325 e. The topological polar surface area (TPSA) is 41.1 Å². The van der Waals surface area contributed by atoms with E-state index in [0.717, 1.165) is 13.0 Å². The molecule has 2 rings (SSSR count). The molecule has 1 heterocycles. The fourth-order valence-electron chi connectivity index (χ4n) is 1.87. The van der Waals surface area contributed by atoms with Crippen molar-refractivity contribution in [2.24, 2.45) is 5.41 Å². The van der Waals surface area contributed by atoms with Crippen LogP contribution in [-0.2, 0) is 4.79 Å². The van der Waals surface area contributed by atoms with Gasteiger partial charge in [-0.25, -0.2) is 4.39 Å². The average Bonchev–Trinajstić information content (AvgIpc) is 2.72. The molecule has 17 heavy (non-hydrogen) atoms. The SMILES string of the molecule is CC1(C(=O)Nc2ccc(Cl)c(F)c2)CCNC1. The molecular weight excluding hydrogens is 243 g/mol. The second-order valence-electron chi connectivity index (χ2n) is 4.57. The third kappa shape index (κ3) is 2.58. The molecule has 0 radical (unpaired) electrons. The first-order chi connectivity index (χ1) is 8.01. The van der Waals surface area contributed by atoms with Crippen LogP contribution in [0.2, 0.25) is 5.02 Å². The summed E-state index contributed by atoms with van der Waals surface area (Å²) in [7, 11) is 0. The van der Waals surface area contributed by atoms with Crippen LogP contribution in [0, 0.1) is 11.2 Å². The maximum Gasteiger partial charge on any atom is 0.231 e. The van der Waals surface area contributed by atoms with Crippen LogP contribution < -0.4 is 10.6 Å². The summed E-state index contributed by atoms with van der Waals surface area (Å²) in [6, 6.07) is 4.25. The maximum atomic E-state index is 13.2. The van der Waals surface area contributed by atoms with Gasteiger partial charge in [0.25, 0.3) is 0 Å². The minimum absolute atomic E-state index is 0.0525. The minimum atomic E-state index is -0.529. The molecule has 0 aliphatic carbocycles. The van der Waals surface area contributed by atoms with Crippen LogP contribution in [0.1, 0.15) is 13.3 Å². The summed E-state index contributed by atoms with van der Waals surface area (Å²) in [5.41, 5.74) is 0.0147. The highest BCUT2D eigenvalue weighted by atomic mass is 35.5. The number of halogens is 2. The number of nitrogens with one attached hydrogen (secondary N) is 2. The Balaban J connectivity index is 2.10. The van der Waals surface area contributed by atoms with Crippen molar-refractivity contribution in [3.05, 3.63) is 29.0 Å². The molecule has 1 aromatic carbocycles. The number of amides is 1. The lowest BCUT2D eigenvalue weighted by Crippen LogP contribution is -2.35. The number of anilines is 1. The molecule has 1 saturated heterocycles. The Hall–Kier alpha value is -1.13. The number of hydrogen-bond acceptors (Lipinski definition) is 2. The van der Waals surface area contributed by atoms with E-state index in [9.17, 15) is 9.18 Å². The Morgan fingerprint density at radius 1 is 1.59 bits per heavy atom. The van der Waals surface area contributed by atoms with Gasteiger partial charge in [-0.1, -0.05) is 11.6 Å². The largest absolute Gasteiger partial charge is 0.325 e. The highest BCUT2D eigenvalue weighted by Gasteiger charge is 2.36. The molecule has 1 amide bonds. The number of hydrogen-bond donors (Lipinski definition) is 2. The molecule has 0 bridgehead atoms. The van der Waals surface area contributed by atoms with E-state index in [1.807, 2.05) is 6.92 Å². The van der Waals surface area contributed by atoms with Gasteiger partial charge >= 0.3 is 0 Å². The van der Waals surface area contributed by atoms with Gasteiger partial charge in [0.2, 0.25) is 5.91 Å². The molecule has 2 N–H and O–H groups in total. The lowest BCUT2D eigenvalue weighted by Gasteiger charge is -2.21. The van der Waals surface area contributed by atoms with E-state index >= 15 is 0 Å². The third-order valence-electron chi connectivity index (χ3n) is 3.09. The lowest BCUT2D eigenvalue weighted by molar-refractivity contribution is -0.123. The highest BCUT2D eigenvalue weighted by molar-refractivity contribution is 6.30. The molecule has 3 nitrogen and oxygen atoms in total. The predicted octanol–water partition coefficient (Wildman–Crippen LogP) is 2.42. The van der Waals surface area contributed by atoms with Gasteiger partial charge in [0.15, 0.2) is 0 Å². The molecular formula is C12H14ClFN2O. The van der Waals surface area contributed by atoms with Crippen molar-refractivity contribution in [3.8, 4) is 0 Å². The van der Waals surface area contributed by atoms with Gasteiger partial charge in [-0.2, -0.15) is 0 Å². The molecule has 1 aliphatic rings. The van der Waals surface area contributed by atoms with E-state index in [2.05, 4.69) is 10.6 Å². The van der Waals surface area contributed by atoms with E-state index in [1.54, 1.807) is 6.07 Å². The first-order valence-electron chi connectivity index (χ1n) is 5.48. The quantitative estimate of drug-likeness (QED) is 0.853. The van der Waals surface area contributed by atoms with E-state index in [4.69, 9.17) is 11.6 Å². The summed E-state index contributed by atoms with van der Waals surface area (Å²) in [5.74, 6) is -0.622. The van der Waals surface area contributed by atoms with Crippen LogP contribution in [0.25, 0.3) is 0 Å². The number of carbonyl (C=O) groups excluding carboxylic acids is 1. The summed E-state index contributed by atoms with van der Waals surface area (Å²) in [6.45, 7) is 3.38. The van der Waals surface area contributed by atoms with Crippen molar-refractivity contribution >= 4 is 23.2 Å². The Bertz CT molecular complexity index is 444. The third-order valence-corrected chi connectivity index (χ3v) is 3.40. The van der Waals surface area contributed by atoms with E-state index < -0.39 is 11.2 Å². The van der Waals surface area contributed by atoms with Crippen LogP contribution in [-0.4, -0.2) is 19.0 Å². The van der Waals surface area contributed by atoms with Crippen molar-refractivity contribution in [1.82, 2.24) is 5.32 Å². The zero-order valence-corrected chi connectivity index (χ0v) is 10.3. The second-order valence-corrected chi connectivity index (χ2v) is 4.98. The van der Waals surface area contributed by atoms with Crippen LogP contribution in [0.3, 0.4) is 0 Å². The normalized spacial score (nSPS) is 23.7. The summed E-state index contributed by atoms with van der Waals surface area (Å²) < 4.78 is 13.2. The van der Waals surface area contributed by atoms with E-state index in [-0.39, 0.29) is 10.9 Å². The summed E-state index contributed by atoms with van der Waals surface area (Å²) in [6.07, 6.45) is 0.787. The molecule has 1 atom stereocenters. The van der Waals surface area contributed by atoms with Crippen LogP contribution in [0.4, 0.5) is 10.1 Å². The fraction of sp³-hybridized carbons (Fsp3) is 0.417. The Labute approximate surface area is 104 Å². The average molecular weight is 257 g/mol. The van der Waals surface area contributed by atoms with E-state index in [0.29, 0.717) is 12.2 Å². The van der Waals surface area contributed by atoms with Crippen molar-refractivity contribution in [2.45, 2.75) is 13.3 Å². The number of benzene rings is 1. The lowest BCUT2D eigenvalue weighted by atomic mass is 9.89. The van der Waals surface area contributed by atoms with Crippen molar-refractivity contribution in [1.29, 1.82) is 0 Å². The summed E-state index contributed by atoms with van der Waals surface area (Å²) >= 11 is 5.57. The van der Waals surface area contributed by atoms with E-state index in [1.165, 1.54) is 12.1 Å². The molecule has 1 aromatic rings. The van der Waals surface area contributed by atoms with Gasteiger partial charge in [-0.3, -0.25) is 4.79 Å². The van der Waals surface area contributed by atoms with Gasteiger partial charge in [0.1, 0.15) is 5.82 Å². The van der Waals surface area contributed by atoms with Gasteiger partial charge < -0.3 is 10.6 Å². The zero-order valence-electron chi connectivity index (χ0n) is 9.52. The fourth-order valence-corrected chi connectivity index (χ4v) is 1.98. The standard InChI is InChI=1S/C12H14ClFN2O/c1-12(4-5-15-7-12)11(17)16-8-2-3-9(13)10(14)6-8/h2-3,6,15H,4-5,7H2,1H3,(H,16,17). The number of rotatable bonds is 2. The van der Waals surface area contributed by atoms with Gasteiger partial charge in [-0.05, 0) is 38.1 Å². The monoisotopic (exact) mass is 256 g/mol. The summed E-state index contributed by atoms with van der Waals surface area (Å²) in [5, 5.41) is 5.91. The number of carbonyl (C=O) groups is 1. The summed E-state index contributed by atoms with van der Waals surface area (Å²) in [4.78, 5) is 12.0. The molecule has 0 aromatic heterocycles. The van der Waals surface area contributed by atoms with Gasteiger partial charge in [0, 0.05) is 12.2 Å². The Morgan fingerprint density at radius 2 is 2.35 bits per heavy atom. The smallest absolute Gasteiger partial charge is 0.231 e. The molecule has 1 unspecified atom stereocenters. The maximum absolute atomic E-state index is 13.2. The Kier molecular flexibility index (Phi) is 3.35. The molecule has 5 heteroatoms. The van der Waals surface area contributed by atoms with Crippen molar-refractivity contribution < 1.29 is 9.18 Å². The molecule has 92 valence electrons. The predicted molar refractivity (Wildman–Crippen MR) is 65.6 cm³/mol.